The van der Waals surface area contributed by atoms with E-state index in [0.29, 0.717) is 10.7 Å². The van der Waals surface area contributed by atoms with E-state index in [2.05, 4.69) is 11.8 Å². The van der Waals surface area contributed by atoms with E-state index < -0.39 is 10.0 Å². The number of benzene rings is 2. The number of sulfonamides is 1. The van der Waals surface area contributed by atoms with Gasteiger partial charge in [0.15, 0.2) is 0 Å². The molecule has 0 atom stereocenters. The Morgan fingerprint density at radius 3 is 2.40 bits per heavy atom. The molecule has 1 aliphatic rings. The number of amides is 1. The summed E-state index contributed by atoms with van der Waals surface area (Å²) < 4.78 is 28.4. The molecule has 2 aromatic rings. The second-order valence-corrected chi connectivity index (χ2v) is 10.3. The second-order valence-electron chi connectivity index (χ2n) is 7.82. The van der Waals surface area contributed by atoms with E-state index in [4.69, 9.17) is 23.2 Å². The van der Waals surface area contributed by atoms with Gasteiger partial charge >= 0.3 is 0 Å². The van der Waals surface area contributed by atoms with Crippen molar-refractivity contribution >= 4 is 44.8 Å². The lowest BCUT2D eigenvalue weighted by molar-refractivity contribution is -0.885. The number of quaternary nitrogens is 1. The van der Waals surface area contributed by atoms with Crippen molar-refractivity contribution in [1.29, 1.82) is 0 Å². The quantitative estimate of drug-likeness (QED) is 0.705. The van der Waals surface area contributed by atoms with Crippen molar-refractivity contribution in [3.63, 3.8) is 0 Å². The number of nitrogens with one attached hydrogen (secondary N) is 2. The number of anilines is 1. The zero-order valence-electron chi connectivity index (χ0n) is 17.2. The molecule has 0 radical (unpaired) electrons. The standard InChI is InChI=1S/C21H25Cl2N3O3S/c1-14-4-6-16(13-19(14)23)24-30(28,29)20-12-15(5-7-18(20)22)21(27)26(3)17-8-10-25(2)11-9-17/h4-7,12-13,17,24H,8-11H2,1-3H3/p+1. The zero-order chi connectivity index (χ0) is 22.1. The first-order valence-corrected chi connectivity index (χ1v) is 12.0. The topological polar surface area (TPSA) is 70.9 Å². The summed E-state index contributed by atoms with van der Waals surface area (Å²) in [5.41, 5.74) is 1.45. The third-order valence-electron chi connectivity index (χ3n) is 5.57. The summed E-state index contributed by atoms with van der Waals surface area (Å²) >= 11 is 12.3. The molecular formula is C21H26Cl2N3O3S+. The van der Waals surface area contributed by atoms with E-state index in [0.717, 1.165) is 31.5 Å². The number of carbonyl (C=O) groups is 1. The summed E-state index contributed by atoms with van der Waals surface area (Å²) in [6.45, 7) is 3.84. The molecular weight excluding hydrogens is 445 g/mol. The lowest BCUT2D eigenvalue weighted by atomic mass is 10.0. The Kier molecular flexibility index (Phi) is 6.97. The van der Waals surface area contributed by atoms with Crippen LogP contribution in [-0.2, 0) is 10.0 Å². The molecule has 0 unspecified atom stereocenters. The van der Waals surface area contributed by atoms with E-state index >= 15 is 0 Å². The van der Waals surface area contributed by atoms with Crippen LogP contribution in [0, 0.1) is 6.92 Å². The third kappa shape index (κ3) is 5.09. The van der Waals surface area contributed by atoms with Crippen molar-refractivity contribution < 1.29 is 18.1 Å². The Balaban J connectivity index is 1.84. The first kappa shape index (κ1) is 22.9. The molecule has 0 bridgehead atoms. The summed E-state index contributed by atoms with van der Waals surface area (Å²) in [6, 6.07) is 9.36. The van der Waals surface area contributed by atoms with Gasteiger partial charge in [0.25, 0.3) is 15.9 Å². The van der Waals surface area contributed by atoms with Gasteiger partial charge in [0, 0.05) is 36.5 Å². The van der Waals surface area contributed by atoms with Crippen LogP contribution in [0.5, 0.6) is 0 Å². The van der Waals surface area contributed by atoms with Crippen LogP contribution in [0.4, 0.5) is 5.69 Å². The molecule has 6 nitrogen and oxygen atoms in total. The van der Waals surface area contributed by atoms with Crippen LogP contribution in [0.15, 0.2) is 41.3 Å². The van der Waals surface area contributed by atoms with Crippen molar-refractivity contribution in [2.24, 2.45) is 0 Å². The number of carbonyl (C=O) groups excluding carboxylic acids is 1. The van der Waals surface area contributed by atoms with Crippen molar-refractivity contribution in [2.45, 2.75) is 30.7 Å². The Bertz CT molecular complexity index is 1050. The highest BCUT2D eigenvalue weighted by Gasteiger charge is 2.28. The smallest absolute Gasteiger partial charge is 0.263 e. The predicted octanol–water partition coefficient (Wildman–Crippen LogP) is 2.85. The van der Waals surface area contributed by atoms with Gasteiger partial charge in [-0.15, -0.1) is 0 Å². The lowest BCUT2D eigenvalue weighted by Crippen LogP contribution is -3.10. The molecule has 1 saturated heterocycles. The van der Waals surface area contributed by atoms with Gasteiger partial charge in [-0.05, 0) is 42.8 Å². The van der Waals surface area contributed by atoms with E-state index in [9.17, 15) is 13.2 Å². The van der Waals surface area contributed by atoms with Crippen molar-refractivity contribution in [1.82, 2.24) is 4.90 Å². The number of rotatable bonds is 5. The number of hydrogen-bond donors (Lipinski definition) is 2. The Hall–Kier alpha value is -1.80. The van der Waals surface area contributed by atoms with E-state index in [1.807, 2.05) is 6.92 Å². The molecule has 1 aliphatic heterocycles. The van der Waals surface area contributed by atoms with Crippen LogP contribution in [0.2, 0.25) is 10.0 Å². The summed E-state index contributed by atoms with van der Waals surface area (Å²) in [4.78, 5) is 16.0. The largest absolute Gasteiger partial charge is 0.338 e. The van der Waals surface area contributed by atoms with Gasteiger partial charge < -0.3 is 9.80 Å². The van der Waals surface area contributed by atoms with Crippen LogP contribution in [0.1, 0.15) is 28.8 Å². The maximum Gasteiger partial charge on any atom is 0.263 e. The fraction of sp³-hybridized carbons (Fsp3) is 0.381. The highest BCUT2D eigenvalue weighted by atomic mass is 35.5. The van der Waals surface area contributed by atoms with Gasteiger partial charge in [0.05, 0.1) is 30.8 Å². The molecule has 2 N–H and O–H groups in total. The fourth-order valence-electron chi connectivity index (χ4n) is 3.56. The first-order valence-electron chi connectivity index (χ1n) is 9.75. The van der Waals surface area contributed by atoms with E-state index in [1.54, 1.807) is 30.1 Å². The molecule has 1 amide bonds. The van der Waals surface area contributed by atoms with Gasteiger partial charge in [-0.1, -0.05) is 29.3 Å². The first-order chi connectivity index (χ1) is 14.1. The number of aryl methyl sites for hydroxylation is 1. The fourth-order valence-corrected chi connectivity index (χ4v) is 5.32. The summed E-state index contributed by atoms with van der Waals surface area (Å²) in [6.07, 6.45) is 1.84. The zero-order valence-corrected chi connectivity index (χ0v) is 19.5. The highest BCUT2D eigenvalue weighted by molar-refractivity contribution is 7.92. The molecule has 0 aliphatic carbocycles. The maximum absolute atomic E-state index is 13.0. The van der Waals surface area contributed by atoms with Crippen molar-refractivity contribution in [2.75, 3.05) is 31.9 Å². The minimum Gasteiger partial charge on any atom is -0.338 e. The molecule has 1 fully saturated rings. The Labute approximate surface area is 187 Å². The van der Waals surface area contributed by atoms with Gasteiger partial charge in [0.2, 0.25) is 0 Å². The number of piperidine rings is 1. The van der Waals surface area contributed by atoms with Crippen molar-refractivity contribution in [3.8, 4) is 0 Å². The number of nitrogens with zero attached hydrogens (tertiary/aromatic N) is 1. The van der Waals surface area contributed by atoms with Crippen molar-refractivity contribution in [3.05, 3.63) is 57.6 Å². The second kappa shape index (κ2) is 9.14. The Morgan fingerprint density at radius 2 is 1.77 bits per heavy atom. The minimum atomic E-state index is -4.00. The molecule has 0 saturated carbocycles. The normalized spacial score (nSPS) is 19.4. The molecule has 162 valence electrons. The van der Waals surface area contributed by atoms with E-state index in [-0.39, 0.29) is 27.4 Å². The van der Waals surface area contributed by atoms with Gasteiger partial charge in [-0.2, -0.15) is 0 Å². The van der Waals surface area contributed by atoms with Gasteiger partial charge in [-0.25, -0.2) is 8.42 Å². The van der Waals surface area contributed by atoms with E-state index in [1.165, 1.54) is 23.1 Å². The molecule has 3 rings (SSSR count). The summed E-state index contributed by atoms with van der Waals surface area (Å²) in [5.74, 6) is -0.217. The van der Waals surface area contributed by atoms with Gasteiger partial charge in [0.1, 0.15) is 4.90 Å². The lowest BCUT2D eigenvalue weighted by Gasteiger charge is -2.33. The Morgan fingerprint density at radius 1 is 1.10 bits per heavy atom. The summed E-state index contributed by atoms with van der Waals surface area (Å²) in [7, 11) is -0.0938. The molecule has 30 heavy (non-hydrogen) atoms. The summed E-state index contributed by atoms with van der Waals surface area (Å²) in [5, 5.41) is 0.495. The predicted molar refractivity (Wildman–Crippen MR) is 120 cm³/mol. The maximum atomic E-state index is 13.0. The molecule has 2 aromatic carbocycles. The average molecular weight is 471 g/mol. The molecule has 9 heteroatoms. The average Bonchev–Trinajstić information content (AvgIpc) is 2.70. The monoisotopic (exact) mass is 470 g/mol. The highest BCUT2D eigenvalue weighted by Crippen LogP contribution is 2.27. The third-order valence-corrected chi connectivity index (χ3v) is 7.84. The van der Waals surface area contributed by atoms with Crippen LogP contribution in [0.25, 0.3) is 0 Å². The minimum absolute atomic E-state index is 0.0443. The van der Waals surface area contributed by atoms with Crippen LogP contribution >= 0.6 is 23.2 Å². The SMILES string of the molecule is Cc1ccc(NS(=O)(=O)c2cc(C(=O)N(C)C3CC[NH+](C)CC3)ccc2Cl)cc1Cl. The van der Waals surface area contributed by atoms with Crippen LogP contribution in [0.3, 0.4) is 0 Å². The van der Waals surface area contributed by atoms with Crippen LogP contribution < -0.4 is 9.62 Å². The number of halogens is 2. The molecule has 0 aromatic heterocycles. The molecule has 1 heterocycles. The molecule has 0 spiro atoms. The number of likely N-dealkylation sites (tertiary alicyclic amines) is 1. The van der Waals surface area contributed by atoms with Crippen LogP contribution in [-0.4, -0.2) is 52.5 Å². The number of hydrogen-bond acceptors (Lipinski definition) is 3. The van der Waals surface area contributed by atoms with Gasteiger partial charge in [-0.3, -0.25) is 9.52 Å².